The van der Waals surface area contributed by atoms with Gasteiger partial charge in [-0.2, -0.15) is 0 Å². The highest BCUT2D eigenvalue weighted by Crippen LogP contribution is 2.56. The van der Waals surface area contributed by atoms with Gasteiger partial charge in [0.05, 0.1) is 19.1 Å². The highest BCUT2D eigenvalue weighted by molar-refractivity contribution is 5.86. The normalized spacial score (nSPS) is 17.3. The van der Waals surface area contributed by atoms with Gasteiger partial charge in [-0.25, -0.2) is 0 Å². The average molecular weight is 421 g/mol. The maximum Gasteiger partial charge on any atom is 0.119 e. The van der Waals surface area contributed by atoms with Crippen molar-refractivity contribution >= 4 is 0 Å². The van der Waals surface area contributed by atoms with Crippen LogP contribution in [-0.2, 0) is 10.2 Å². The molecule has 4 aromatic carbocycles. The van der Waals surface area contributed by atoms with Gasteiger partial charge < -0.3 is 14.2 Å². The number of fused-ring (bicyclic) bond motifs is 3. The average Bonchev–Trinajstić information content (AvgIpc) is 3.65. The van der Waals surface area contributed by atoms with E-state index in [4.69, 9.17) is 14.2 Å². The van der Waals surface area contributed by atoms with E-state index in [-0.39, 0.29) is 6.10 Å². The van der Waals surface area contributed by atoms with Crippen LogP contribution in [0.5, 0.6) is 11.5 Å². The van der Waals surface area contributed by atoms with E-state index in [1.807, 2.05) is 12.1 Å². The fourth-order valence-corrected chi connectivity index (χ4v) is 5.02. The summed E-state index contributed by atoms with van der Waals surface area (Å²) in [6, 6.07) is 34.5. The van der Waals surface area contributed by atoms with Crippen molar-refractivity contribution in [1.82, 2.24) is 0 Å². The van der Waals surface area contributed by atoms with Crippen LogP contribution < -0.4 is 9.47 Å². The Labute approximate surface area is 188 Å². The molecule has 32 heavy (non-hydrogen) atoms. The van der Waals surface area contributed by atoms with Gasteiger partial charge in [-0.15, -0.1) is 0 Å². The maximum atomic E-state index is 5.91. The molecule has 0 amide bonds. The predicted octanol–water partition coefficient (Wildman–Crippen LogP) is 5.84. The minimum absolute atomic E-state index is 0.244. The molecule has 0 bridgehead atoms. The monoisotopic (exact) mass is 420 g/mol. The lowest BCUT2D eigenvalue weighted by Gasteiger charge is -2.34. The van der Waals surface area contributed by atoms with Crippen LogP contribution in [0.2, 0.25) is 0 Å². The van der Waals surface area contributed by atoms with Crippen molar-refractivity contribution in [3.63, 3.8) is 0 Å². The summed E-state index contributed by atoms with van der Waals surface area (Å²) < 4.78 is 16.6. The molecule has 1 aliphatic carbocycles. The van der Waals surface area contributed by atoms with Crippen molar-refractivity contribution in [2.45, 2.75) is 11.5 Å². The van der Waals surface area contributed by atoms with E-state index in [0.717, 1.165) is 18.1 Å². The zero-order valence-corrected chi connectivity index (χ0v) is 18.0. The summed E-state index contributed by atoms with van der Waals surface area (Å²) in [5.74, 6) is 1.73. The molecule has 4 aromatic rings. The predicted molar refractivity (Wildman–Crippen MR) is 126 cm³/mol. The fourth-order valence-electron chi connectivity index (χ4n) is 5.02. The number of ether oxygens (including phenoxy) is 3. The Morgan fingerprint density at radius 1 is 0.719 bits per heavy atom. The van der Waals surface area contributed by atoms with Crippen molar-refractivity contribution < 1.29 is 14.2 Å². The number of hydrogen-bond acceptors (Lipinski definition) is 3. The molecule has 1 unspecified atom stereocenters. The van der Waals surface area contributed by atoms with E-state index in [2.05, 4.69) is 84.9 Å². The fraction of sp³-hybridized carbons (Fsp3) is 0.172. The first kappa shape index (κ1) is 19.1. The van der Waals surface area contributed by atoms with Gasteiger partial charge in [-0.1, -0.05) is 72.8 Å². The molecule has 0 aromatic heterocycles. The van der Waals surface area contributed by atoms with E-state index in [1.54, 1.807) is 7.11 Å². The third kappa shape index (κ3) is 2.93. The maximum absolute atomic E-state index is 5.91. The van der Waals surface area contributed by atoms with E-state index in [9.17, 15) is 0 Å². The smallest absolute Gasteiger partial charge is 0.119 e. The molecule has 158 valence electrons. The molecular formula is C29H24O3. The lowest BCUT2D eigenvalue weighted by atomic mass is 9.68. The largest absolute Gasteiger partial charge is 0.497 e. The second kappa shape index (κ2) is 7.54. The third-order valence-electron chi connectivity index (χ3n) is 6.60. The molecular weight excluding hydrogens is 396 g/mol. The molecule has 0 radical (unpaired) electrons. The van der Waals surface area contributed by atoms with Gasteiger partial charge >= 0.3 is 0 Å². The molecule has 2 aliphatic rings. The molecule has 0 saturated carbocycles. The Hall–Kier alpha value is -3.56. The Morgan fingerprint density at radius 2 is 1.22 bits per heavy atom. The van der Waals surface area contributed by atoms with Crippen LogP contribution in [0.25, 0.3) is 11.1 Å². The summed E-state index contributed by atoms with van der Waals surface area (Å²) in [5.41, 5.74) is 7.19. The van der Waals surface area contributed by atoms with Gasteiger partial charge in [0.25, 0.3) is 0 Å². The number of rotatable bonds is 6. The standard InChI is InChI=1S/C29H24O3/c1-30-22-14-10-20(11-15-22)29(21-12-16-23(17-13-21)31-18-24-19-32-24)27-8-4-2-6-25(27)26-7-3-5-9-28(26)29/h2-17,24H,18-19H2,1H3. The van der Waals surface area contributed by atoms with Crippen LogP contribution in [0.4, 0.5) is 0 Å². The highest BCUT2D eigenvalue weighted by atomic mass is 16.6. The molecule has 3 nitrogen and oxygen atoms in total. The summed E-state index contributed by atoms with van der Waals surface area (Å²) in [6.45, 7) is 1.40. The minimum Gasteiger partial charge on any atom is -0.497 e. The van der Waals surface area contributed by atoms with E-state index < -0.39 is 5.41 Å². The Morgan fingerprint density at radius 3 is 1.72 bits per heavy atom. The number of benzene rings is 4. The molecule has 1 aliphatic heterocycles. The molecule has 1 saturated heterocycles. The zero-order chi connectivity index (χ0) is 21.5. The van der Waals surface area contributed by atoms with Crippen molar-refractivity contribution in [1.29, 1.82) is 0 Å². The van der Waals surface area contributed by atoms with Crippen LogP contribution in [-0.4, -0.2) is 26.4 Å². The van der Waals surface area contributed by atoms with Gasteiger partial charge in [0, 0.05) is 0 Å². The van der Waals surface area contributed by atoms with Gasteiger partial charge in [-0.3, -0.25) is 0 Å². The summed E-state index contributed by atoms with van der Waals surface area (Å²) in [4.78, 5) is 0. The quantitative estimate of drug-likeness (QED) is 0.324. The second-order valence-electron chi connectivity index (χ2n) is 8.36. The first-order chi connectivity index (χ1) is 15.8. The number of epoxide rings is 1. The van der Waals surface area contributed by atoms with Gasteiger partial charge in [-0.05, 0) is 57.6 Å². The van der Waals surface area contributed by atoms with Crippen LogP contribution in [0.3, 0.4) is 0 Å². The van der Waals surface area contributed by atoms with Crippen molar-refractivity contribution in [2.24, 2.45) is 0 Å². The Kier molecular flexibility index (Phi) is 4.51. The van der Waals surface area contributed by atoms with Gasteiger partial charge in [0.1, 0.15) is 24.2 Å². The highest BCUT2D eigenvalue weighted by Gasteiger charge is 2.45. The van der Waals surface area contributed by atoms with Crippen LogP contribution in [0, 0.1) is 0 Å². The third-order valence-corrected chi connectivity index (χ3v) is 6.60. The summed E-state index contributed by atoms with van der Waals surface area (Å²) in [5, 5.41) is 0. The van der Waals surface area contributed by atoms with Gasteiger partial charge in [0.15, 0.2) is 0 Å². The molecule has 0 N–H and O–H groups in total. The van der Waals surface area contributed by atoms with E-state index in [1.165, 1.54) is 33.4 Å². The molecule has 1 fully saturated rings. The molecule has 6 rings (SSSR count). The van der Waals surface area contributed by atoms with Crippen molar-refractivity contribution in [3.8, 4) is 22.6 Å². The minimum atomic E-state index is -0.405. The summed E-state index contributed by atoms with van der Waals surface area (Å²) in [7, 11) is 1.70. The lowest BCUT2D eigenvalue weighted by molar-refractivity contribution is 0.263. The zero-order valence-electron chi connectivity index (χ0n) is 18.0. The lowest BCUT2D eigenvalue weighted by Crippen LogP contribution is -2.28. The van der Waals surface area contributed by atoms with Crippen LogP contribution in [0.15, 0.2) is 97.1 Å². The second-order valence-corrected chi connectivity index (χ2v) is 8.36. The number of methoxy groups -OCH3 is 1. The molecule has 1 heterocycles. The molecule has 0 spiro atoms. The topological polar surface area (TPSA) is 31.0 Å². The first-order valence-electron chi connectivity index (χ1n) is 11.0. The van der Waals surface area contributed by atoms with Crippen LogP contribution >= 0.6 is 0 Å². The van der Waals surface area contributed by atoms with Gasteiger partial charge in [0.2, 0.25) is 0 Å². The summed E-state index contributed by atoms with van der Waals surface area (Å²) in [6.07, 6.45) is 0.244. The van der Waals surface area contributed by atoms with Crippen molar-refractivity contribution in [2.75, 3.05) is 20.3 Å². The van der Waals surface area contributed by atoms with Crippen LogP contribution in [0.1, 0.15) is 22.3 Å². The van der Waals surface area contributed by atoms with E-state index in [0.29, 0.717) is 6.61 Å². The molecule has 3 heteroatoms. The van der Waals surface area contributed by atoms with E-state index >= 15 is 0 Å². The Balaban J connectivity index is 1.56. The number of hydrogen-bond donors (Lipinski definition) is 0. The Bertz CT molecular complexity index is 1210. The van der Waals surface area contributed by atoms with Crippen molar-refractivity contribution in [3.05, 3.63) is 119 Å². The summed E-state index contributed by atoms with van der Waals surface area (Å²) >= 11 is 0. The first-order valence-corrected chi connectivity index (χ1v) is 11.0. The SMILES string of the molecule is COc1ccc(C2(c3ccc(OCC4CO4)cc3)c3ccccc3-c3ccccc32)cc1. The molecule has 1 atom stereocenters.